The highest BCUT2D eigenvalue weighted by molar-refractivity contribution is 5.98. The first kappa shape index (κ1) is 58.9. The molecule has 0 aliphatic carbocycles. The predicted molar refractivity (Wildman–Crippen MR) is 290 cm³/mol. The molecule has 4 aromatic rings. The van der Waals surface area contributed by atoms with Gasteiger partial charge in [0, 0.05) is 35.8 Å². The molecule has 0 aromatic heterocycles. The van der Waals surface area contributed by atoms with Crippen molar-refractivity contribution in [2.75, 3.05) is 39.5 Å². The number of Topliss-reactive ketones (excluding diaryl/α,β-unsaturated/α-hetero) is 3. The Hall–Kier alpha value is -6.35. The van der Waals surface area contributed by atoms with E-state index in [4.69, 9.17) is 18.9 Å². The number of hydrogen-bond donors (Lipinski definition) is 2. The summed E-state index contributed by atoms with van der Waals surface area (Å²) in [5.41, 5.74) is 2.34. The summed E-state index contributed by atoms with van der Waals surface area (Å²) in [4.78, 5) is 96.4. The average molecular weight is 1040 g/mol. The molecule has 6 rings (SSSR count). The number of aryl methyl sites for hydroxylation is 1. The summed E-state index contributed by atoms with van der Waals surface area (Å²) in [5, 5.41) is 6.10. The fourth-order valence-corrected chi connectivity index (χ4v) is 9.65. The number of hydrogen-bond acceptors (Lipinski definition) is 11. The van der Waals surface area contributed by atoms with Crippen LogP contribution in [0.25, 0.3) is 0 Å². The maximum Gasteiger partial charge on any atom is 0.316 e. The Balaban J connectivity index is 1.22. The quantitative estimate of drug-likeness (QED) is 0.0174. The standard InChI is InChI=1S/C62H79N3O11/c1-42(2)31-52(54(68)36-50(33-45-17-13-10-14-18-45)59(71)64-53(32-43(3)4)57(69)62(8)41-75-62)63-58(70)49(25-23-44-15-11-9-12-16-44)35-51(67)38-65(27-29-73-30-28-65)37-48-24-26-55(76-60(72)61(5,6)7)56(34-48)74-40-47-21-19-46(39-66)20-22-47/h9-22,24,26,34,39,42-43,49-50,52-53H,23,25,27-33,35-38,40-41H2,1-8H3,(H-,63,64,70,71)/p+1/t49-,50-,52+,53+,62-/m1/s1. The van der Waals surface area contributed by atoms with E-state index in [1.165, 1.54) is 0 Å². The van der Waals surface area contributed by atoms with Crippen molar-refractivity contribution in [3.63, 3.8) is 0 Å². The van der Waals surface area contributed by atoms with Crippen LogP contribution in [0.2, 0.25) is 0 Å². The fraction of sp³-hybridized carbons (Fsp3) is 0.500. The lowest BCUT2D eigenvalue weighted by molar-refractivity contribution is -0.940. The average Bonchev–Trinajstić information content (AvgIpc) is 4.15. The molecule has 2 heterocycles. The molecule has 2 aliphatic heterocycles. The van der Waals surface area contributed by atoms with Gasteiger partial charge >= 0.3 is 5.97 Å². The molecule has 5 atom stereocenters. The molecule has 0 radical (unpaired) electrons. The number of esters is 1. The molecule has 14 nitrogen and oxygen atoms in total. The summed E-state index contributed by atoms with van der Waals surface area (Å²) in [6.45, 7) is 17.9. The van der Waals surface area contributed by atoms with Crippen LogP contribution in [-0.4, -0.2) is 103 Å². The van der Waals surface area contributed by atoms with Gasteiger partial charge in [-0.25, -0.2) is 0 Å². The van der Waals surface area contributed by atoms with Crippen LogP contribution in [0, 0.1) is 29.1 Å². The maximum atomic E-state index is 14.8. The number of amides is 2. The molecular weight excluding hydrogens is 963 g/mol. The van der Waals surface area contributed by atoms with Gasteiger partial charge < -0.3 is 34.1 Å². The van der Waals surface area contributed by atoms with Crippen molar-refractivity contribution in [2.24, 2.45) is 29.1 Å². The molecule has 0 spiro atoms. The molecule has 4 aromatic carbocycles. The number of nitrogens with one attached hydrogen (secondary N) is 2. The zero-order valence-corrected chi connectivity index (χ0v) is 45.9. The van der Waals surface area contributed by atoms with Crippen LogP contribution in [0.3, 0.4) is 0 Å². The van der Waals surface area contributed by atoms with Crippen LogP contribution in [0.4, 0.5) is 0 Å². The van der Waals surface area contributed by atoms with Crippen LogP contribution in [-0.2, 0) is 64.2 Å². The molecule has 2 aliphatic rings. The number of ketones is 3. The van der Waals surface area contributed by atoms with Crippen LogP contribution in [0.15, 0.2) is 103 Å². The van der Waals surface area contributed by atoms with E-state index in [0.717, 1.165) is 28.5 Å². The van der Waals surface area contributed by atoms with Gasteiger partial charge in [0.15, 0.2) is 28.8 Å². The van der Waals surface area contributed by atoms with Gasteiger partial charge in [-0.3, -0.25) is 33.6 Å². The molecule has 2 saturated heterocycles. The zero-order valence-electron chi connectivity index (χ0n) is 45.9. The van der Waals surface area contributed by atoms with E-state index in [9.17, 15) is 33.6 Å². The van der Waals surface area contributed by atoms with Crippen molar-refractivity contribution >= 4 is 41.4 Å². The number of epoxide rings is 1. The second-order valence-corrected chi connectivity index (χ2v) is 23.1. The first-order valence-corrected chi connectivity index (χ1v) is 27.0. The topological polar surface area (TPSA) is 184 Å². The minimum Gasteiger partial charge on any atom is -0.485 e. The van der Waals surface area contributed by atoms with Crippen molar-refractivity contribution in [1.82, 2.24) is 10.6 Å². The Morgan fingerprint density at radius 1 is 0.711 bits per heavy atom. The highest BCUT2D eigenvalue weighted by Crippen LogP contribution is 2.34. The summed E-state index contributed by atoms with van der Waals surface area (Å²) in [6.07, 6.45) is 2.40. The third-order valence-corrected chi connectivity index (χ3v) is 14.2. The number of nitrogens with zero attached hydrogens (tertiary/aromatic N) is 1. The van der Waals surface area contributed by atoms with Crippen LogP contribution in [0.5, 0.6) is 11.5 Å². The van der Waals surface area contributed by atoms with E-state index in [0.29, 0.717) is 80.9 Å². The van der Waals surface area contributed by atoms with E-state index in [1.807, 2.05) is 100 Å². The van der Waals surface area contributed by atoms with Crippen molar-refractivity contribution in [3.05, 3.63) is 131 Å². The summed E-state index contributed by atoms with van der Waals surface area (Å²) < 4.78 is 23.9. The Bertz CT molecular complexity index is 2600. The monoisotopic (exact) mass is 1040 g/mol. The first-order valence-electron chi connectivity index (χ1n) is 27.0. The van der Waals surface area contributed by atoms with E-state index in [-0.39, 0.29) is 67.3 Å². The fourth-order valence-electron chi connectivity index (χ4n) is 9.65. The lowest BCUT2D eigenvalue weighted by Gasteiger charge is -2.41. The molecule has 2 fully saturated rings. The number of morpholine rings is 1. The molecule has 76 heavy (non-hydrogen) atoms. The Morgan fingerprint density at radius 2 is 1.29 bits per heavy atom. The van der Waals surface area contributed by atoms with E-state index < -0.39 is 52.7 Å². The third-order valence-electron chi connectivity index (χ3n) is 14.2. The number of aldehydes is 1. The van der Waals surface area contributed by atoms with Crippen LogP contribution >= 0.6 is 0 Å². The SMILES string of the molecule is CC(C)C[C@H](NC(=O)[C@H](CCc1ccccc1)CC(=O)C[N+]1(Cc2ccc(OC(=O)C(C)(C)C)c(OCc3ccc(C=O)cc3)c2)CCOCC1)C(=O)C[C@@H](Cc1ccccc1)C(=O)N[C@@H](CC(C)C)C(=O)[C@@]1(C)CO1. The normalized spacial score (nSPS) is 17.7. The van der Waals surface area contributed by atoms with Gasteiger partial charge in [0.2, 0.25) is 11.8 Å². The van der Waals surface area contributed by atoms with Crippen LogP contribution < -0.4 is 20.1 Å². The minimum absolute atomic E-state index is 0.00135. The molecule has 0 saturated carbocycles. The van der Waals surface area contributed by atoms with Crippen LogP contribution in [0.1, 0.15) is 120 Å². The lowest BCUT2D eigenvalue weighted by atomic mass is 9.87. The van der Waals surface area contributed by atoms with Gasteiger partial charge in [-0.2, -0.15) is 0 Å². The van der Waals surface area contributed by atoms with E-state index >= 15 is 0 Å². The molecule has 0 unspecified atom stereocenters. The minimum atomic E-state index is -0.946. The number of rotatable bonds is 29. The van der Waals surface area contributed by atoms with Gasteiger partial charge in [0.05, 0.1) is 37.3 Å². The molecular formula is C62H80N3O11+. The second kappa shape index (κ2) is 27.1. The molecule has 2 N–H and O–H groups in total. The number of quaternary nitrogens is 1. The Kier molecular flexibility index (Phi) is 21.0. The first-order chi connectivity index (χ1) is 36.1. The molecule has 0 bridgehead atoms. The molecule has 408 valence electrons. The van der Waals surface area contributed by atoms with Gasteiger partial charge in [0.1, 0.15) is 44.7 Å². The largest absolute Gasteiger partial charge is 0.485 e. The van der Waals surface area contributed by atoms with E-state index in [1.54, 1.807) is 58.0 Å². The third kappa shape index (κ3) is 17.9. The summed E-state index contributed by atoms with van der Waals surface area (Å²) in [5.74, 6) is -2.73. The number of carbonyl (C=O) groups excluding carboxylic acids is 7. The van der Waals surface area contributed by atoms with Gasteiger partial charge in [0.25, 0.3) is 0 Å². The second-order valence-electron chi connectivity index (χ2n) is 23.1. The smallest absolute Gasteiger partial charge is 0.316 e. The number of carbonyl (C=O) groups is 7. The summed E-state index contributed by atoms with van der Waals surface area (Å²) >= 11 is 0. The highest BCUT2D eigenvalue weighted by Gasteiger charge is 2.50. The summed E-state index contributed by atoms with van der Waals surface area (Å²) in [6, 6.07) is 29.9. The summed E-state index contributed by atoms with van der Waals surface area (Å²) in [7, 11) is 0. The van der Waals surface area contributed by atoms with Gasteiger partial charge in [-0.05, 0) is 107 Å². The Morgan fingerprint density at radius 3 is 1.88 bits per heavy atom. The van der Waals surface area contributed by atoms with Gasteiger partial charge in [-0.1, -0.05) is 113 Å². The van der Waals surface area contributed by atoms with Crippen molar-refractivity contribution in [1.29, 1.82) is 0 Å². The molecule has 14 heteroatoms. The molecule has 2 amide bonds. The van der Waals surface area contributed by atoms with E-state index in [2.05, 4.69) is 10.6 Å². The Labute approximate surface area is 449 Å². The highest BCUT2D eigenvalue weighted by atomic mass is 16.6. The van der Waals surface area contributed by atoms with Crippen molar-refractivity contribution < 1.29 is 57.0 Å². The lowest BCUT2D eigenvalue weighted by Crippen LogP contribution is -2.57. The maximum absolute atomic E-state index is 14.8. The van der Waals surface area contributed by atoms with Crippen molar-refractivity contribution in [2.45, 2.75) is 131 Å². The zero-order chi connectivity index (χ0) is 55.0. The van der Waals surface area contributed by atoms with Gasteiger partial charge in [-0.15, -0.1) is 0 Å². The number of benzene rings is 4. The number of ether oxygens (including phenoxy) is 4. The predicted octanol–water partition coefficient (Wildman–Crippen LogP) is 8.82. The van der Waals surface area contributed by atoms with Crippen molar-refractivity contribution in [3.8, 4) is 11.5 Å².